The van der Waals surface area contributed by atoms with Crippen LogP contribution in [0.1, 0.15) is 28.2 Å². The fourth-order valence-corrected chi connectivity index (χ4v) is 2.67. The third-order valence-corrected chi connectivity index (χ3v) is 4.40. The molecule has 0 spiro atoms. The SMILES string of the molecule is Cc1nnc(NC(=O)CCC(=O)OCC(=O)NNC(=O)c2ccc(Br)cc2)s1. The highest BCUT2D eigenvalue weighted by atomic mass is 79.9. The number of rotatable bonds is 7. The third-order valence-electron chi connectivity index (χ3n) is 3.11. The third kappa shape index (κ3) is 7.40. The minimum Gasteiger partial charge on any atom is -0.455 e. The molecule has 28 heavy (non-hydrogen) atoms. The van der Waals surface area contributed by atoms with Crippen LogP contribution in [-0.4, -0.2) is 40.5 Å². The number of halogens is 1. The first kappa shape index (κ1) is 21.4. The van der Waals surface area contributed by atoms with Gasteiger partial charge in [0, 0.05) is 16.5 Å². The Morgan fingerprint density at radius 2 is 1.75 bits per heavy atom. The Labute approximate surface area is 172 Å². The molecule has 0 bridgehead atoms. The topological polar surface area (TPSA) is 139 Å². The molecule has 1 aromatic heterocycles. The number of aromatic nitrogens is 2. The molecule has 3 N–H and O–H groups in total. The van der Waals surface area contributed by atoms with E-state index in [0.717, 1.165) is 4.47 Å². The van der Waals surface area contributed by atoms with Crippen molar-refractivity contribution in [1.82, 2.24) is 21.0 Å². The number of hydrogen-bond acceptors (Lipinski definition) is 8. The van der Waals surface area contributed by atoms with Crippen LogP contribution >= 0.6 is 27.3 Å². The first-order chi connectivity index (χ1) is 13.3. The van der Waals surface area contributed by atoms with Crippen LogP contribution < -0.4 is 16.2 Å². The summed E-state index contributed by atoms with van der Waals surface area (Å²) >= 11 is 4.46. The number of amides is 3. The van der Waals surface area contributed by atoms with Gasteiger partial charge < -0.3 is 10.1 Å². The molecule has 0 saturated carbocycles. The zero-order chi connectivity index (χ0) is 20.5. The Bertz CT molecular complexity index is 871. The van der Waals surface area contributed by atoms with E-state index in [-0.39, 0.29) is 12.8 Å². The number of anilines is 1. The van der Waals surface area contributed by atoms with Crippen molar-refractivity contribution in [2.75, 3.05) is 11.9 Å². The summed E-state index contributed by atoms with van der Waals surface area (Å²) in [5.74, 6) is -2.37. The maximum absolute atomic E-state index is 11.8. The van der Waals surface area contributed by atoms with Gasteiger partial charge in [-0.15, -0.1) is 10.2 Å². The summed E-state index contributed by atoms with van der Waals surface area (Å²) in [5.41, 5.74) is 4.68. The number of carbonyl (C=O) groups is 4. The highest BCUT2D eigenvalue weighted by molar-refractivity contribution is 9.10. The summed E-state index contributed by atoms with van der Waals surface area (Å²) in [6, 6.07) is 6.50. The first-order valence-corrected chi connectivity index (χ1v) is 9.55. The Morgan fingerprint density at radius 1 is 1.04 bits per heavy atom. The van der Waals surface area contributed by atoms with Crippen LogP contribution in [0.4, 0.5) is 5.13 Å². The Hall–Kier alpha value is -2.86. The molecule has 0 radical (unpaired) electrons. The smallest absolute Gasteiger partial charge is 0.306 e. The second-order valence-electron chi connectivity index (χ2n) is 5.34. The molecule has 0 fully saturated rings. The van der Waals surface area contributed by atoms with Crippen LogP contribution in [0.3, 0.4) is 0 Å². The second-order valence-corrected chi connectivity index (χ2v) is 7.44. The molecule has 0 saturated heterocycles. The van der Waals surface area contributed by atoms with Crippen LogP contribution in [0.25, 0.3) is 0 Å². The summed E-state index contributed by atoms with van der Waals surface area (Å²) in [6.07, 6.45) is -0.332. The Balaban J connectivity index is 1.62. The predicted octanol–water partition coefficient (Wildman–Crippen LogP) is 1.33. The van der Waals surface area contributed by atoms with Crippen molar-refractivity contribution < 1.29 is 23.9 Å². The lowest BCUT2D eigenvalue weighted by atomic mass is 10.2. The second kappa shape index (κ2) is 10.5. The number of ether oxygens (including phenoxy) is 1. The van der Waals surface area contributed by atoms with Gasteiger partial charge in [-0.1, -0.05) is 27.3 Å². The number of nitrogens with zero attached hydrogens (tertiary/aromatic N) is 2. The Kier molecular flexibility index (Phi) is 8.02. The Morgan fingerprint density at radius 3 is 2.39 bits per heavy atom. The summed E-state index contributed by atoms with van der Waals surface area (Å²) in [5, 5.41) is 11.0. The van der Waals surface area contributed by atoms with Gasteiger partial charge in [0.15, 0.2) is 6.61 Å². The molecule has 0 aliphatic heterocycles. The monoisotopic (exact) mass is 469 g/mol. The van der Waals surface area contributed by atoms with Gasteiger partial charge in [-0.2, -0.15) is 0 Å². The molecule has 0 aliphatic rings. The maximum Gasteiger partial charge on any atom is 0.306 e. The van der Waals surface area contributed by atoms with Gasteiger partial charge in [0.05, 0.1) is 6.42 Å². The minimum atomic E-state index is -0.724. The van der Waals surface area contributed by atoms with Crippen molar-refractivity contribution in [1.29, 1.82) is 0 Å². The summed E-state index contributed by atoms with van der Waals surface area (Å²) in [6.45, 7) is 1.16. The summed E-state index contributed by atoms with van der Waals surface area (Å²) in [7, 11) is 0. The zero-order valence-corrected chi connectivity index (χ0v) is 17.1. The lowest BCUT2D eigenvalue weighted by molar-refractivity contribution is -0.149. The number of esters is 1. The quantitative estimate of drug-likeness (QED) is 0.410. The van der Waals surface area contributed by atoms with Crippen molar-refractivity contribution >= 4 is 56.1 Å². The minimum absolute atomic E-state index is 0.126. The van der Waals surface area contributed by atoms with Crippen LogP contribution in [0.2, 0.25) is 0 Å². The standard InChI is InChI=1S/C16H16BrN5O5S/c1-9-19-22-16(28-9)18-12(23)6-7-14(25)27-8-13(24)20-21-15(26)10-2-4-11(17)5-3-10/h2-5H,6-8H2,1H3,(H,20,24)(H,21,26)(H,18,22,23). The number of aryl methyl sites for hydroxylation is 1. The van der Waals surface area contributed by atoms with E-state index in [1.165, 1.54) is 11.3 Å². The highest BCUT2D eigenvalue weighted by Gasteiger charge is 2.13. The molecular weight excluding hydrogens is 454 g/mol. The molecule has 148 valence electrons. The average Bonchev–Trinajstić information content (AvgIpc) is 3.07. The highest BCUT2D eigenvalue weighted by Crippen LogP contribution is 2.14. The lowest BCUT2D eigenvalue weighted by Gasteiger charge is -2.08. The van der Waals surface area contributed by atoms with Gasteiger partial charge in [0.1, 0.15) is 5.01 Å². The van der Waals surface area contributed by atoms with Crippen molar-refractivity contribution in [2.45, 2.75) is 19.8 Å². The van der Waals surface area contributed by atoms with Gasteiger partial charge >= 0.3 is 5.97 Å². The molecule has 1 heterocycles. The van der Waals surface area contributed by atoms with Crippen molar-refractivity contribution in [2.24, 2.45) is 0 Å². The van der Waals surface area contributed by atoms with E-state index in [1.54, 1.807) is 31.2 Å². The van der Waals surface area contributed by atoms with Gasteiger partial charge in [0.25, 0.3) is 11.8 Å². The largest absolute Gasteiger partial charge is 0.455 e. The van der Waals surface area contributed by atoms with E-state index < -0.39 is 30.3 Å². The van der Waals surface area contributed by atoms with E-state index in [9.17, 15) is 19.2 Å². The molecule has 0 atom stereocenters. The molecular formula is C16H16BrN5O5S. The van der Waals surface area contributed by atoms with Crippen LogP contribution in [0.5, 0.6) is 0 Å². The number of hydrazine groups is 1. The molecule has 2 rings (SSSR count). The van der Waals surface area contributed by atoms with Crippen molar-refractivity contribution in [3.05, 3.63) is 39.3 Å². The van der Waals surface area contributed by atoms with Gasteiger partial charge in [-0.3, -0.25) is 30.0 Å². The van der Waals surface area contributed by atoms with E-state index in [0.29, 0.717) is 15.7 Å². The number of hydrogen-bond donors (Lipinski definition) is 3. The molecule has 12 heteroatoms. The number of carbonyl (C=O) groups excluding carboxylic acids is 4. The molecule has 3 amide bonds. The van der Waals surface area contributed by atoms with Gasteiger partial charge in [-0.25, -0.2) is 0 Å². The molecule has 2 aromatic rings. The normalized spacial score (nSPS) is 10.1. The van der Waals surface area contributed by atoms with E-state index in [4.69, 9.17) is 4.74 Å². The fraction of sp³-hybridized carbons (Fsp3) is 0.250. The first-order valence-electron chi connectivity index (χ1n) is 7.94. The van der Waals surface area contributed by atoms with Gasteiger partial charge in [-0.05, 0) is 31.2 Å². The molecule has 0 aliphatic carbocycles. The molecule has 0 unspecified atom stereocenters. The fourth-order valence-electron chi connectivity index (χ4n) is 1.80. The molecule has 10 nitrogen and oxygen atoms in total. The zero-order valence-electron chi connectivity index (χ0n) is 14.7. The predicted molar refractivity (Wildman–Crippen MR) is 103 cm³/mol. The number of nitrogens with one attached hydrogen (secondary N) is 3. The van der Waals surface area contributed by atoms with Crippen molar-refractivity contribution in [3.63, 3.8) is 0 Å². The summed E-state index contributed by atoms with van der Waals surface area (Å²) < 4.78 is 5.56. The van der Waals surface area contributed by atoms with E-state index >= 15 is 0 Å². The lowest BCUT2D eigenvalue weighted by Crippen LogP contribution is -2.43. The van der Waals surface area contributed by atoms with Crippen LogP contribution in [0.15, 0.2) is 28.7 Å². The van der Waals surface area contributed by atoms with Crippen LogP contribution in [-0.2, 0) is 19.1 Å². The van der Waals surface area contributed by atoms with E-state index in [1.807, 2.05) is 0 Å². The maximum atomic E-state index is 11.8. The van der Waals surface area contributed by atoms with Crippen molar-refractivity contribution in [3.8, 4) is 0 Å². The number of benzene rings is 1. The summed E-state index contributed by atoms with van der Waals surface area (Å²) in [4.78, 5) is 46.7. The van der Waals surface area contributed by atoms with Gasteiger partial charge in [0.2, 0.25) is 11.0 Å². The average molecular weight is 470 g/mol. The van der Waals surface area contributed by atoms with E-state index in [2.05, 4.69) is 42.3 Å². The molecule has 1 aromatic carbocycles. The van der Waals surface area contributed by atoms with Crippen LogP contribution in [0, 0.1) is 6.92 Å².